The van der Waals surface area contributed by atoms with Gasteiger partial charge in [-0.25, -0.2) is 0 Å². The lowest BCUT2D eigenvalue weighted by molar-refractivity contribution is -0.137. The summed E-state index contributed by atoms with van der Waals surface area (Å²) < 4.78 is 0. The van der Waals surface area contributed by atoms with Crippen molar-refractivity contribution < 1.29 is 9.90 Å². The fourth-order valence-electron chi connectivity index (χ4n) is 3.68. The van der Waals surface area contributed by atoms with Gasteiger partial charge in [-0.2, -0.15) is 0 Å². The summed E-state index contributed by atoms with van der Waals surface area (Å²) >= 11 is 0. The molecule has 0 bridgehead atoms. The largest absolute Gasteiger partial charge is 0.387 e. The van der Waals surface area contributed by atoms with Gasteiger partial charge in [-0.3, -0.25) is 4.79 Å². The van der Waals surface area contributed by atoms with E-state index in [0.717, 1.165) is 25.1 Å². The standard InChI is InChI=1S/C16H22N2O2/c1-11(19)14-10-17-9-7-16(14,20)15-13-5-3-2-4-12(13)6-8-18-15/h2-5,14-15,17-18,20H,6-10H2,1H3. The third-order valence-corrected chi connectivity index (χ3v) is 4.75. The fraction of sp³-hybridized carbons (Fsp3) is 0.562. The molecule has 0 amide bonds. The second-order valence-electron chi connectivity index (χ2n) is 5.94. The number of aliphatic hydroxyl groups is 1. The van der Waals surface area contributed by atoms with Crippen LogP contribution in [0.2, 0.25) is 0 Å². The predicted molar refractivity (Wildman–Crippen MR) is 77.5 cm³/mol. The predicted octanol–water partition coefficient (Wildman–Crippen LogP) is 0.803. The summed E-state index contributed by atoms with van der Waals surface area (Å²) in [7, 11) is 0. The molecule has 2 heterocycles. The van der Waals surface area contributed by atoms with Gasteiger partial charge >= 0.3 is 0 Å². The van der Waals surface area contributed by atoms with Crippen molar-refractivity contribution in [2.24, 2.45) is 5.92 Å². The van der Waals surface area contributed by atoms with Crippen LogP contribution in [0.4, 0.5) is 0 Å². The number of Topliss-reactive ketones (excluding diaryl/α,β-unsaturated/α-hetero) is 1. The van der Waals surface area contributed by atoms with Gasteiger partial charge < -0.3 is 15.7 Å². The Balaban J connectivity index is 2.00. The third kappa shape index (κ3) is 2.18. The van der Waals surface area contributed by atoms with Gasteiger partial charge in [0, 0.05) is 6.54 Å². The first-order chi connectivity index (χ1) is 9.63. The van der Waals surface area contributed by atoms with Crippen molar-refractivity contribution in [3.8, 4) is 0 Å². The van der Waals surface area contributed by atoms with Crippen molar-refractivity contribution >= 4 is 5.78 Å². The Morgan fingerprint density at radius 1 is 1.35 bits per heavy atom. The molecule has 1 saturated heterocycles. The molecule has 3 unspecified atom stereocenters. The number of benzene rings is 1. The number of fused-ring (bicyclic) bond motifs is 1. The van der Waals surface area contributed by atoms with E-state index in [1.165, 1.54) is 5.56 Å². The molecule has 0 radical (unpaired) electrons. The summed E-state index contributed by atoms with van der Waals surface area (Å²) in [6.45, 7) is 3.74. The summed E-state index contributed by atoms with van der Waals surface area (Å²) in [5.74, 6) is -0.288. The van der Waals surface area contributed by atoms with Crippen LogP contribution in [-0.2, 0) is 11.2 Å². The Hall–Kier alpha value is -1.23. The molecule has 0 spiro atoms. The molecule has 2 aliphatic heterocycles. The smallest absolute Gasteiger partial charge is 0.137 e. The van der Waals surface area contributed by atoms with Crippen molar-refractivity contribution in [3.63, 3.8) is 0 Å². The zero-order valence-electron chi connectivity index (χ0n) is 11.9. The Labute approximate surface area is 119 Å². The lowest BCUT2D eigenvalue weighted by atomic mass is 9.70. The topological polar surface area (TPSA) is 61.4 Å². The van der Waals surface area contributed by atoms with Gasteiger partial charge in [0.1, 0.15) is 5.78 Å². The van der Waals surface area contributed by atoms with E-state index in [2.05, 4.69) is 22.8 Å². The molecule has 3 rings (SSSR count). The van der Waals surface area contributed by atoms with Crippen LogP contribution in [0.25, 0.3) is 0 Å². The summed E-state index contributed by atoms with van der Waals surface area (Å²) in [6, 6.07) is 8.09. The van der Waals surface area contributed by atoms with Crippen LogP contribution in [0.1, 0.15) is 30.5 Å². The molecule has 20 heavy (non-hydrogen) atoms. The van der Waals surface area contributed by atoms with Gasteiger partial charge in [0.05, 0.1) is 17.6 Å². The highest BCUT2D eigenvalue weighted by Crippen LogP contribution is 2.40. The number of carbonyl (C=O) groups excluding carboxylic acids is 1. The summed E-state index contributed by atoms with van der Waals surface area (Å²) in [5.41, 5.74) is 1.44. The van der Waals surface area contributed by atoms with Gasteiger partial charge in [-0.05, 0) is 44.0 Å². The third-order valence-electron chi connectivity index (χ3n) is 4.75. The normalized spacial score (nSPS) is 33.5. The van der Waals surface area contributed by atoms with Crippen molar-refractivity contribution in [2.45, 2.75) is 31.4 Å². The van der Waals surface area contributed by atoms with Crippen LogP contribution in [0.3, 0.4) is 0 Å². The highest BCUT2D eigenvalue weighted by Gasteiger charge is 2.48. The van der Waals surface area contributed by atoms with Crippen molar-refractivity contribution in [2.75, 3.05) is 19.6 Å². The van der Waals surface area contributed by atoms with E-state index in [1.807, 2.05) is 12.1 Å². The second-order valence-corrected chi connectivity index (χ2v) is 5.94. The van der Waals surface area contributed by atoms with Crippen LogP contribution < -0.4 is 10.6 Å². The Kier molecular flexibility index (Phi) is 3.63. The van der Waals surface area contributed by atoms with E-state index >= 15 is 0 Å². The molecule has 2 aliphatic rings. The molecule has 4 nitrogen and oxygen atoms in total. The van der Waals surface area contributed by atoms with Gasteiger partial charge in [-0.15, -0.1) is 0 Å². The van der Waals surface area contributed by atoms with Crippen molar-refractivity contribution in [3.05, 3.63) is 35.4 Å². The first-order valence-electron chi connectivity index (χ1n) is 7.37. The summed E-state index contributed by atoms with van der Waals surface area (Å²) in [6.07, 6.45) is 1.58. The van der Waals surface area contributed by atoms with E-state index in [9.17, 15) is 9.90 Å². The van der Waals surface area contributed by atoms with Crippen LogP contribution in [0, 0.1) is 5.92 Å². The maximum atomic E-state index is 11.9. The molecule has 0 aromatic heterocycles. The van der Waals surface area contributed by atoms with Crippen LogP contribution in [0.15, 0.2) is 24.3 Å². The molecule has 1 fully saturated rings. The van der Waals surface area contributed by atoms with Gasteiger partial charge in [0.25, 0.3) is 0 Å². The maximum absolute atomic E-state index is 11.9. The summed E-state index contributed by atoms with van der Waals surface area (Å²) in [5, 5.41) is 17.9. The number of hydrogen-bond acceptors (Lipinski definition) is 4. The van der Waals surface area contributed by atoms with E-state index < -0.39 is 5.60 Å². The van der Waals surface area contributed by atoms with Gasteiger partial charge in [0.15, 0.2) is 0 Å². The highest BCUT2D eigenvalue weighted by molar-refractivity contribution is 5.80. The SMILES string of the molecule is CC(=O)C1CNCCC1(O)C1NCCc2ccccc21. The molecular weight excluding hydrogens is 252 g/mol. The number of nitrogens with one attached hydrogen (secondary N) is 2. The number of rotatable bonds is 2. The molecule has 1 aromatic rings. The quantitative estimate of drug-likeness (QED) is 0.746. The average molecular weight is 274 g/mol. The van der Waals surface area contributed by atoms with Crippen LogP contribution in [0.5, 0.6) is 0 Å². The minimum absolute atomic E-state index is 0.0598. The van der Waals surface area contributed by atoms with Gasteiger partial charge in [-0.1, -0.05) is 24.3 Å². The van der Waals surface area contributed by atoms with Crippen molar-refractivity contribution in [1.29, 1.82) is 0 Å². The van der Waals surface area contributed by atoms with E-state index in [-0.39, 0.29) is 17.7 Å². The van der Waals surface area contributed by atoms with Crippen molar-refractivity contribution in [1.82, 2.24) is 10.6 Å². The zero-order chi connectivity index (χ0) is 14.2. The first-order valence-corrected chi connectivity index (χ1v) is 7.37. The molecule has 108 valence electrons. The molecule has 0 aliphatic carbocycles. The minimum Gasteiger partial charge on any atom is -0.387 e. The summed E-state index contributed by atoms with van der Waals surface area (Å²) in [4.78, 5) is 11.9. The van der Waals surface area contributed by atoms with Gasteiger partial charge in [0.2, 0.25) is 0 Å². The Bertz CT molecular complexity index is 517. The molecule has 4 heteroatoms. The van der Waals surface area contributed by atoms with E-state index in [4.69, 9.17) is 0 Å². The number of ketones is 1. The number of piperidine rings is 1. The number of carbonyl (C=O) groups is 1. The monoisotopic (exact) mass is 274 g/mol. The van der Waals surface area contributed by atoms with E-state index in [0.29, 0.717) is 13.0 Å². The molecule has 0 saturated carbocycles. The van der Waals surface area contributed by atoms with E-state index in [1.54, 1.807) is 6.92 Å². The maximum Gasteiger partial charge on any atom is 0.137 e. The first kappa shape index (κ1) is 13.7. The minimum atomic E-state index is -0.992. The molecule has 3 atom stereocenters. The zero-order valence-corrected chi connectivity index (χ0v) is 11.9. The lowest BCUT2D eigenvalue weighted by Crippen LogP contribution is -2.60. The fourth-order valence-corrected chi connectivity index (χ4v) is 3.68. The average Bonchev–Trinajstić information content (AvgIpc) is 2.46. The molecule has 3 N–H and O–H groups in total. The molecule has 1 aromatic carbocycles. The Morgan fingerprint density at radius 2 is 2.15 bits per heavy atom. The van der Waals surface area contributed by atoms with Crippen LogP contribution >= 0.6 is 0 Å². The Morgan fingerprint density at radius 3 is 2.95 bits per heavy atom. The molecular formula is C16H22N2O2. The van der Waals surface area contributed by atoms with Crippen LogP contribution in [-0.4, -0.2) is 36.1 Å². The second kappa shape index (κ2) is 5.28. The highest BCUT2D eigenvalue weighted by atomic mass is 16.3. The lowest BCUT2D eigenvalue weighted by Gasteiger charge is -2.46. The number of hydrogen-bond donors (Lipinski definition) is 3.